The van der Waals surface area contributed by atoms with E-state index in [2.05, 4.69) is 17.2 Å². The molecule has 0 fully saturated rings. The Morgan fingerprint density at radius 2 is 2.14 bits per heavy atom. The highest BCUT2D eigenvalue weighted by Crippen LogP contribution is 2.10. The van der Waals surface area contributed by atoms with E-state index in [1.165, 1.54) is 4.90 Å². The van der Waals surface area contributed by atoms with Crippen LogP contribution in [-0.2, 0) is 4.79 Å². The lowest BCUT2D eigenvalue weighted by molar-refractivity contribution is -0.117. The van der Waals surface area contributed by atoms with E-state index in [1.54, 1.807) is 31.6 Å². The van der Waals surface area contributed by atoms with Crippen molar-refractivity contribution >= 4 is 28.8 Å². The average molecular weight is 209 g/mol. The molecule has 1 rings (SSSR count). The van der Waals surface area contributed by atoms with Gasteiger partial charge in [-0.15, -0.1) is 0 Å². The molecule has 1 amide bonds. The van der Waals surface area contributed by atoms with E-state index in [1.807, 2.05) is 0 Å². The fourth-order valence-corrected chi connectivity index (χ4v) is 1.10. The second-order valence-corrected chi connectivity index (χ2v) is 3.33. The van der Waals surface area contributed by atoms with Crippen LogP contribution >= 0.6 is 12.2 Å². The number of aromatic nitrogens is 1. The van der Waals surface area contributed by atoms with Crippen molar-refractivity contribution in [3.05, 3.63) is 24.5 Å². The first-order valence-electron chi connectivity index (χ1n) is 4.06. The number of hydrogen-bond donors (Lipinski definition) is 1. The molecule has 5 heteroatoms. The van der Waals surface area contributed by atoms with E-state index in [-0.39, 0.29) is 17.3 Å². The van der Waals surface area contributed by atoms with Crippen LogP contribution in [0.5, 0.6) is 0 Å². The van der Waals surface area contributed by atoms with Gasteiger partial charge < -0.3 is 10.6 Å². The number of pyridine rings is 1. The minimum atomic E-state index is -0.122. The molecule has 0 aliphatic heterocycles. The van der Waals surface area contributed by atoms with Gasteiger partial charge in [0.25, 0.3) is 0 Å². The zero-order valence-corrected chi connectivity index (χ0v) is 8.62. The molecule has 1 aromatic heterocycles. The standard InChI is InChI=1S/C9H11N3OS/c1-12(9(13)6-8(10)14)7-2-4-11-5-3-7/h2-5H,6H2,1H3,(H2,10,14). The van der Waals surface area contributed by atoms with Gasteiger partial charge in [0, 0.05) is 25.1 Å². The number of amides is 1. The summed E-state index contributed by atoms with van der Waals surface area (Å²) in [5.41, 5.74) is 6.06. The molecular weight excluding hydrogens is 198 g/mol. The molecule has 0 atom stereocenters. The maximum absolute atomic E-state index is 11.5. The van der Waals surface area contributed by atoms with Gasteiger partial charge in [0.2, 0.25) is 5.91 Å². The van der Waals surface area contributed by atoms with Gasteiger partial charge in [-0.1, -0.05) is 12.2 Å². The number of rotatable bonds is 3. The van der Waals surface area contributed by atoms with Crippen molar-refractivity contribution in [2.45, 2.75) is 6.42 Å². The SMILES string of the molecule is CN(C(=O)CC(N)=S)c1ccncc1. The molecule has 0 unspecified atom stereocenters. The summed E-state index contributed by atoms with van der Waals surface area (Å²) >= 11 is 4.66. The van der Waals surface area contributed by atoms with Crippen LogP contribution in [0.4, 0.5) is 5.69 Å². The summed E-state index contributed by atoms with van der Waals surface area (Å²) in [5.74, 6) is -0.122. The first kappa shape index (κ1) is 10.6. The highest BCUT2D eigenvalue weighted by Gasteiger charge is 2.10. The Balaban J connectivity index is 2.71. The average Bonchev–Trinajstić information content (AvgIpc) is 2.17. The predicted octanol–water partition coefficient (Wildman–Crippen LogP) is 0.721. The predicted molar refractivity (Wildman–Crippen MR) is 59.0 cm³/mol. The molecule has 0 aliphatic carbocycles. The van der Waals surface area contributed by atoms with Gasteiger partial charge in [-0.05, 0) is 12.1 Å². The highest BCUT2D eigenvalue weighted by atomic mass is 32.1. The lowest BCUT2D eigenvalue weighted by Gasteiger charge is -2.16. The van der Waals surface area contributed by atoms with Crippen LogP contribution in [0.2, 0.25) is 0 Å². The summed E-state index contributed by atoms with van der Waals surface area (Å²) in [7, 11) is 1.68. The molecule has 0 spiro atoms. The summed E-state index contributed by atoms with van der Waals surface area (Å²) in [6.07, 6.45) is 3.34. The van der Waals surface area contributed by atoms with Crippen LogP contribution in [0.15, 0.2) is 24.5 Å². The molecule has 4 nitrogen and oxygen atoms in total. The third-order valence-electron chi connectivity index (χ3n) is 1.75. The van der Waals surface area contributed by atoms with Gasteiger partial charge in [-0.2, -0.15) is 0 Å². The van der Waals surface area contributed by atoms with E-state index in [0.717, 1.165) is 5.69 Å². The smallest absolute Gasteiger partial charge is 0.233 e. The molecule has 0 aromatic carbocycles. The largest absolute Gasteiger partial charge is 0.393 e. The third kappa shape index (κ3) is 2.77. The summed E-state index contributed by atoms with van der Waals surface area (Å²) in [6, 6.07) is 3.49. The van der Waals surface area contributed by atoms with Gasteiger partial charge in [0.15, 0.2) is 0 Å². The molecule has 1 aromatic rings. The van der Waals surface area contributed by atoms with Gasteiger partial charge in [-0.3, -0.25) is 9.78 Å². The third-order valence-corrected chi connectivity index (χ3v) is 1.89. The Labute approximate surface area is 87.7 Å². The van der Waals surface area contributed by atoms with E-state index in [0.29, 0.717) is 0 Å². The minimum absolute atomic E-state index is 0.0914. The summed E-state index contributed by atoms with van der Waals surface area (Å²) in [4.78, 5) is 17.1. The number of hydrogen-bond acceptors (Lipinski definition) is 3. The number of carbonyl (C=O) groups excluding carboxylic acids is 1. The lowest BCUT2D eigenvalue weighted by atomic mass is 10.3. The summed E-state index contributed by atoms with van der Waals surface area (Å²) in [6.45, 7) is 0. The molecule has 0 aliphatic rings. The van der Waals surface area contributed by atoms with Gasteiger partial charge in [0.1, 0.15) is 0 Å². The van der Waals surface area contributed by atoms with E-state index in [9.17, 15) is 4.79 Å². The Hall–Kier alpha value is -1.49. The van der Waals surface area contributed by atoms with Crippen LogP contribution in [0.3, 0.4) is 0 Å². The van der Waals surface area contributed by atoms with Gasteiger partial charge in [-0.25, -0.2) is 0 Å². The van der Waals surface area contributed by atoms with Crippen molar-refractivity contribution in [3.8, 4) is 0 Å². The second kappa shape index (κ2) is 4.66. The molecule has 0 saturated carbocycles. The molecule has 2 N–H and O–H groups in total. The van der Waals surface area contributed by atoms with Crippen LogP contribution in [0, 0.1) is 0 Å². The summed E-state index contributed by atoms with van der Waals surface area (Å²) in [5, 5.41) is 0. The highest BCUT2D eigenvalue weighted by molar-refractivity contribution is 7.80. The Morgan fingerprint density at radius 1 is 1.57 bits per heavy atom. The van der Waals surface area contributed by atoms with Crippen LogP contribution in [-0.4, -0.2) is 22.9 Å². The number of nitrogens with two attached hydrogens (primary N) is 1. The van der Waals surface area contributed by atoms with Crippen molar-refractivity contribution in [3.63, 3.8) is 0 Å². The molecule has 0 bridgehead atoms. The molecule has 1 heterocycles. The lowest BCUT2D eigenvalue weighted by Crippen LogP contribution is -2.29. The molecule has 0 saturated heterocycles. The number of nitrogens with zero attached hydrogens (tertiary/aromatic N) is 2. The Bertz CT molecular complexity index is 339. The Kier molecular flexibility index (Phi) is 3.53. The quantitative estimate of drug-likeness (QED) is 0.745. The minimum Gasteiger partial charge on any atom is -0.393 e. The van der Waals surface area contributed by atoms with Crippen molar-refractivity contribution in [2.24, 2.45) is 5.73 Å². The zero-order valence-electron chi connectivity index (χ0n) is 7.80. The number of carbonyl (C=O) groups is 1. The van der Waals surface area contributed by atoms with Crippen molar-refractivity contribution < 1.29 is 4.79 Å². The van der Waals surface area contributed by atoms with Crippen molar-refractivity contribution in [1.29, 1.82) is 0 Å². The van der Waals surface area contributed by atoms with E-state index in [4.69, 9.17) is 5.73 Å². The Morgan fingerprint density at radius 3 is 2.64 bits per heavy atom. The fourth-order valence-electron chi connectivity index (χ4n) is 0.979. The van der Waals surface area contributed by atoms with Crippen LogP contribution < -0.4 is 10.6 Å². The van der Waals surface area contributed by atoms with Gasteiger partial charge in [0.05, 0.1) is 11.4 Å². The number of thiocarbonyl (C=S) groups is 1. The van der Waals surface area contributed by atoms with Crippen LogP contribution in [0.1, 0.15) is 6.42 Å². The summed E-state index contributed by atoms with van der Waals surface area (Å²) < 4.78 is 0. The second-order valence-electron chi connectivity index (χ2n) is 2.80. The molecule has 0 radical (unpaired) electrons. The monoisotopic (exact) mass is 209 g/mol. The van der Waals surface area contributed by atoms with Gasteiger partial charge >= 0.3 is 0 Å². The molecule has 74 valence electrons. The first-order chi connectivity index (χ1) is 6.61. The molecule has 14 heavy (non-hydrogen) atoms. The van der Waals surface area contributed by atoms with E-state index < -0.39 is 0 Å². The maximum atomic E-state index is 11.5. The van der Waals surface area contributed by atoms with Crippen molar-refractivity contribution in [2.75, 3.05) is 11.9 Å². The normalized spacial score (nSPS) is 9.50. The first-order valence-corrected chi connectivity index (χ1v) is 4.47. The van der Waals surface area contributed by atoms with Crippen molar-refractivity contribution in [1.82, 2.24) is 4.98 Å². The molecular formula is C9H11N3OS. The number of anilines is 1. The maximum Gasteiger partial charge on any atom is 0.233 e. The van der Waals surface area contributed by atoms with E-state index >= 15 is 0 Å². The topological polar surface area (TPSA) is 59.2 Å². The zero-order chi connectivity index (χ0) is 10.6. The fraction of sp³-hybridized carbons (Fsp3) is 0.222. The van der Waals surface area contributed by atoms with Crippen LogP contribution in [0.25, 0.3) is 0 Å².